The van der Waals surface area contributed by atoms with E-state index in [1.807, 2.05) is 37.3 Å². The Morgan fingerprint density at radius 3 is 2.74 bits per heavy atom. The number of nitrogens with one attached hydrogen (secondary N) is 2. The molecule has 2 aromatic heterocycles. The molecule has 0 radical (unpaired) electrons. The summed E-state index contributed by atoms with van der Waals surface area (Å²) in [7, 11) is 0. The summed E-state index contributed by atoms with van der Waals surface area (Å²) in [5.41, 5.74) is 0.881. The molecule has 1 fully saturated rings. The van der Waals surface area contributed by atoms with Crippen molar-refractivity contribution in [2.24, 2.45) is 0 Å². The fourth-order valence-corrected chi connectivity index (χ4v) is 3.61. The molecule has 1 atom stereocenters. The number of amides is 2. The third-order valence-corrected chi connectivity index (χ3v) is 4.94. The van der Waals surface area contributed by atoms with E-state index in [1.54, 1.807) is 23.3 Å². The number of nitrogens with zero attached hydrogens (tertiary/aromatic N) is 5. The van der Waals surface area contributed by atoms with Gasteiger partial charge in [-0.25, -0.2) is 9.48 Å². The van der Waals surface area contributed by atoms with Crippen LogP contribution in [0.15, 0.2) is 48.9 Å². The molecule has 4 rings (SSSR count). The van der Waals surface area contributed by atoms with Gasteiger partial charge in [-0.15, -0.1) is 10.2 Å². The minimum absolute atomic E-state index is 0.249. The van der Waals surface area contributed by atoms with Gasteiger partial charge in [-0.1, -0.05) is 31.0 Å². The number of carbonyl (C=O) groups excluding carboxylic acids is 1. The monoisotopic (exact) mass is 365 g/mol. The molecule has 1 aliphatic rings. The fraction of sp³-hybridized carbons (Fsp3) is 0.368. The summed E-state index contributed by atoms with van der Waals surface area (Å²) in [6.45, 7) is 1.92. The predicted molar refractivity (Wildman–Crippen MR) is 102 cm³/mol. The van der Waals surface area contributed by atoms with Crippen molar-refractivity contribution >= 4 is 11.8 Å². The summed E-state index contributed by atoms with van der Waals surface area (Å²) in [6, 6.07) is 11.3. The highest BCUT2D eigenvalue weighted by Crippen LogP contribution is 2.31. The Hall–Kier alpha value is -3.16. The summed E-state index contributed by atoms with van der Waals surface area (Å²) >= 11 is 0. The molecule has 27 heavy (non-hydrogen) atoms. The van der Waals surface area contributed by atoms with Crippen molar-refractivity contribution in [3.8, 4) is 5.69 Å². The van der Waals surface area contributed by atoms with E-state index in [2.05, 4.69) is 30.5 Å². The van der Waals surface area contributed by atoms with E-state index in [-0.39, 0.29) is 12.1 Å². The summed E-state index contributed by atoms with van der Waals surface area (Å²) in [5.74, 6) is 1.39. The van der Waals surface area contributed by atoms with Crippen LogP contribution < -0.4 is 10.6 Å². The maximum absolute atomic E-state index is 12.5. The van der Waals surface area contributed by atoms with Gasteiger partial charge in [0.25, 0.3) is 0 Å². The SMILES string of the molecule is C[C@@H](NC(=O)Nc1ccnn1-c1ccccc1)c1nncn1C1CCCC1. The number of para-hydroxylation sites is 1. The van der Waals surface area contributed by atoms with Crippen LogP contribution in [0.1, 0.15) is 50.5 Å². The van der Waals surface area contributed by atoms with Gasteiger partial charge >= 0.3 is 6.03 Å². The van der Waals surface area contributed by atoms with E-state index in [9.17, 15) is 4.79 Å². The van der Waals surface area contributed by atoms with E-state index in [0.717, 1.165) is 24.4 Å². The molecular formula is C19H23N7O. The molecule has 140 valence electrons. The number of hydrogen-bond donors (Lipinski definition) is 2. The second-order valence-corrected chi connectivity index (χ2v) is 6.82. The number of benzene rings is 1. The van der Waals surface area contributed by atoms with Crippen LogP contribution in [0.5, 0.6) is 0 Å². The second-order valence-electron chi connectivity index (χ2n) is 6.82. The molecule has 8 nitrogen and oxygen atoms in total. The maximum atomic E-state index is 12.5. The Kier molecular flexibility index (Phi) is 4.86. The molecule has 1 aromatic carbocycles. The van der Waals surface area contributed by atoms with Gasteiger partial charge in [0.1, 0.15) is 12.1 Å². The van der Waals surface area contributed by atoms with Crippen molar-refractivity contribution in [3.05, 3.63) is 54.7 Å². The predicted octanol–water partition coefficient (Wildman–Crippen LogP) is 3.46. The number of rotatable bonds is 5. The van der Waals surface area contributed by atoms with Crippen molar-refractivity contribution in [2.45, 2.75) is 44.7 Å². The van der Waals surface area contributed by atoms with Gasteiger partial charge in [0.2, 0.25) is 0 Å². The lowest BCUT2D eigenvalue weighted by Gasteiger charge is -2.19. The zero-order valence-electron chi connectivity index (χ0n) is 15.2. The first-order valence-electron chi connectivity index (χ1n) is 9.29. The molecule has 2 amide bonds. The number of aromatic nitrogens is 5. The first-order chi connectivity index (χ1) is 13.2. The highest BCUT2D eigenvalue weighted by atomic mass is 16.2. The van der Waals surface area contributed by atoms with E-state index < -0.39 is 0 Å². The minimum atomic E-state index is -0.304. The molecule has 2 heterocycles. The van der Waals surface area contributed by atoms with Gasteiger partial charge in [0.15, 0.2) is 5.82 Å². The topological polar surface area (TPSA) is 89.7 Å². The third-order valence-electron chi connectivity index (χ3n) is 4.94. The molecule has 0 aliphatic heterocycles. The van der Waals surface area contributed by atoms with Crippen molar-refractivity contribution in [3.63, 3.8) is 0 Å². The number of anilines is 1. The Balaban J connectivity index is 1.44. The molecule has 0 saturated heterocycles. The molecule has 2 N–H and O–H groups in total. The number of carbonyl (C=O) groups is 1. The van der Waals surface area contributed by atoms with Gasteiger partial charge in [-0.05, 0) is 31.9 Å². The number of hydrogen-bond acceptors (Lipinski definition) is 4. The summed E-state index contributed by atoms with van der Waals surface area (Å²) < 4.78 is 3.79. The van der Waals surface area contributed by atoms with Crippen molar-refractivity contribution in [1.82, 2.24) is 29.9 Å². The van der Waals surface area contributed by atoms with Crippen molar-refractivity contribution < 1.29 is 4.79 Å². The van der Waals surface area contributed by atoms with Crippen LogP contribution in [0.25, 0.3) is 5.69 Å². The Bertz CT molecular complexity index is 896. The highest BCUT2D eigenvalue weighted by molar-refractivity contribution is 5.88. The van der Waals surface area contributed by atoms with E-state index in [1.165, 1.54) is 12.8 Å². The van der Waals surface area contributed by atoms with E-state index in [4.69, 9.17) is 0 Å². The average molecular weight is 365 g/mol. The molecular weight excluding hydrogens is 342 g/mol. The standard InChI is InChI=1S/C19H23N7O/c1-14(18-24-20-13-25(18)15-7-5-6-8-15)22-19(27)23-17-11-12-21-26(17)16-9-3-2-4-10-16/h2-4,9-15H,5-8H2,1H3,(H2,22,23,27)/t14-/m1/s1. The minimum Gasteiger partial charge on any atom is -0.328 e. The van der Waals surface area contributed by atoms with Crippen molar-refractivity contribution in [2.75, 3.05) is 5.32 Å². The number of urea groups is 1. The van der Waals surface area contributed by atoms with Crippen LogP contribution in [0, 0.1) is 0 Å². The molecule has 1 aliphatic carbocycles. The van der Waals surface area contributed by atoms with E-state index in [0.29, 0.717) is 11.9 Å². The largest absolute Gasteiger partial charge is 0.328 e. The fourth-order valence-electron chi connectivity index (χ4n) is 3.61. The Morgan fingerprint density at radius 1 is 1.19 bits per heavy atom. The normalized spacial score (nSPS) is 15.6. The lowest BCUT2D eigenvalue weighted by Crippen LogP contribution is -2.33. The lowest BCUT2D eigenvalue weighted by molar-refractivity contribution is 0.248. The Labute approximate surface area is 157 Å². The van der Waals surface area contributed by atoms with Crippen LogP contribution in [0.3, 0.4) is 0 Å². The smallest absolute Gasteiger partial charge is 0.320 e. The van der Waals surface area contributed by atoms with Crippen LogP contribution in [0.2, 0.25) is 0 Å². The van der Waals surface area contributed by atoms with Gasteiger partial charge in [0.05, 0.1) is 17.9 Å². The summed E-state index contributed by atoms with van der Waals surface area (Å²) in [5, 5.41) is 18.4. The molecule has 3 aromatic rings. The molecule has 0 unspecified atom stereocenters. The summed E-state index contributed by atoms with van der Waals surface area (Å²) in [6.07, 6.45) is 8.16. The maximum Gasteiger partial charge on any atom is 0.320 e. The van der Waals surface area contributed by atoms with Crippen LogP contribution in [0.4, 0.5) is 10.6 Å². The molecule has 1 saturated carbocycles. The quantitative estimate of drug-likeness (QED) is 0.724. The zero-order valence-corrected chi connectivity index (χ0v) is 15.2. The zero-order chi connectivity index (χ0) is 18.6. The molecule has 8 heteroatoms. The molecule has 0 bridgehead atoms. The first-order valence-corrected chi connectivity index (χ1v) is 9.29. The van der Waals surface area contributed by atoms with Gasteiger partial charge in [-0.3, -0.25) is 5.32 Å². The Morgan fingerprint density at radius 2 is 1.96 bits per heavy atom. The van der Waals surface area contributed by atoms with Crippen LogP contribution in [-0.2, 0) is 0 Å². The average Bonchev–Trinajstić information content (AvgIpc) is 3.43. The van der Waals surface area contributed by atoms with Gasteiger partial charge in [-0.2, -0.15) is 5.10 Å². The summed E-state index contributed by atoms with van der Waals surface area (Å²) in [4.78, 5) is 12.5. The highest BCUT2D eigenvalue weighted by Gasteiger charge is 2.23. The van der Waals surface area contributed by atoms with Crippen molar-refractivity contribution in [1.29, 1.82) is 0 Å². The third kappa shape index (κ3) is 3.69. The lowest BCUT2D eigenvalue weighted by atomic mass is 10.2. The van der Waals surface area contributed by atoms with Crippen LogP contribution in [-0.4, -0.2) is 30.6 Å². The van der Waals surface area contributed by atoms with Crippen LogP contribution >= 0.6 is 0 Å². The first kappa shape index (κ1) is 17.3. The second kappa shape index (κ2) is 7.61. The van der Waals surface area contributed by atoms with Gasteiger partial charge in [0, 0.05) is 12.1 Å². The van der Waals surface area contributed by atoms with E-state index >= 15 is 0 Å². The molecule has 0 spiro atoms. The van der Waals surface area contributed by atoms with Gasteiger partial charge < -0.3 is 9.88 Å².